The van der Waals surface area contributed by atoms with E-state index in [0.29, 0.717) is 19.0 Å². The number of benzene rings is 1. The lowest BCUT2D eigenvalue weighted by Gasteiger charge is -2.30. The molecule has 1 aromatic carbocycles. The van der Waals surface area contributed by atoms with Crippen LogP contribution in [0.15, 0.2) is 35.4 Å². The first kappa shape index (κ1) is 19.2. The van der Waals surface area contributed by atoms with E-state index in [-0.39, 0.29) is 17.5 Å². The fourth-order valence-electron chi connectivity index (χ4n) is 5.49. The molecule has 2 heterocycles. The molecular formula is C25H27N3O2S. The van der Waals surface area contributed by atoms with E-state index in [1.165, 1.54) is 28.0 Å². The van der Waals surface area contributed by atoms with Crippen molar-refractivity contribution in [2.45, 2.75) is 76.4 Å². The van der Waals surface area contributed by atoms with E-state index in [9.17, 15) is 9.59 Å². The molecule has 5 nitrogen and oxygen atoms in total. The maximum absolute atomic E-state index is 13.3. The zero-order chi connectivity index (χ0) is 20.9. The number of carbonyl (C=O) groups excluding carboxylic acids is 1. The van der Waals surface area contributed by atoms with Gasteiger partial charge in [0.1, 0.15) is 4.83 Å². The highest BCUT2D eigenvalue weighted by molar-refractivity contribution is 7.18. The molecule has 6 rings (SSSR count). The van der Waals surface area contributed by atoms with Gasteiger partial charge < -0.3 is 4.90 Å². The van der Waals surface area contributed by atoms with Crippen molar-refractivity contribution in [3.8, 4) is 0 Å². The van der Waals surface area contributed by atoms with E-state index < -0.39 is 0 Å². The molecule has 1 atom stereocenters. The van der Waals surface area contributed by atoms with Crippen LogP contribution in [0.2, 0.25) is 0 Å². The Morgan fingerprint density at radius 3 is 2.84 bits per heavy atom. The Balaban J connectivity index is 1.24. The van der Waals surface area contributed by atoms with Crippen molar-refractivity contribution in [1.82, 2.24) is 14.5 Å². The largest absolute Gasteiger partial charge is 0.333 e. The molecule has 31 heavy (non-hydrogen) atoms. The molecule has 0 bridgehead atoms. The van der Waals surface area contributed by atoms with E-state index in [1.54, 1.807) is 22.2 Å². The quantitative estimate of drug-likeness (QED) is 0.599. The van der Waals surface area contributed by atoms with Crippen LogP contribution in [-0.2, 0) is 30.6 Å². The second-order valence-corrected chi connectivity index (χ2v) is 10.3. The molecule has 2 aromatic heterocycles. The van der Waals surface area contributed by atoms with Crippen LogP contribution in [0.1, 0.15) is 66.1 Å². The average Bonchev–Trinajstić information content (AvgIpc) is 3.41. The zero-order valence-corrected chi connectivity index (χ0v) is 18.5. The van der Waals surface area contributed by atoms with Gasteiger partial charge in [0.15, 0.2) is 0 Å². The first-order valence-corrected chi connectivity index (χ1v) is 12.4. The summed E-state index contributed by atoms with van der Waals surface area (Å²) in [5.74, 6) is 0.170. The molecule has 6 heteroatoms. The number of hydrogen-bond donors (Lipinski definition) is 0. The van der Waals surface area contributed by atoms with Crippen LogP contribution < -0.4 is 5.56 Å². The highest BCUT2D eigenvalue weighted by atomic mass is 32.1. The van der Waals surface area contributed by atoms with Crippen molar-refractivity contribution >= 4 is 27.5 Å². The molecule has 3 aliphatic carbocycles. The van der Waals surface area contributed by atoms with Crippen LogP contribution >= 0.6 is 11.3 Å². The Bertz CT molecular complexity index is 1220. The molecule has 0 N–H and O–H groups in total. The predicted octanol–water partition coefficient (Wildman–Crippen LogP) is 4.41. The second-order valence-electron chi connectivity index (χ2n) is 9.17. The van der Waals surface area contributed by atoms with Crippen molar-refractivity contribution in [1.29, 1.82) is 0 Å². The standard InChI is InChI=1S/C25H27N3O2S/c29-22(28(17-10-11-17)20-12-9-16-5-1-2-6-18(16)20)13-14-27-15-26-24-23(25(27)30)19-7-3-4-8-21(19)31-24/h1-2,5-6,15,17,20H,3-4,7-14H2. The molecule has 0 aliphatic heterocycles. The Kier molecular flexibility index (Phi) is 4.71. The minimum absolute atomic E-state index is 0.0291. The zero-order valence-electron chi connectivity index (χ0n) is 17.7. The van der Waals surface area contributed by atoms with Crippen LogP contribution in [0.3, 0.4) is 0 Å². The van der Waals surface area contributed by atoms with E-state index in [1.807, 2.05) is 0 Å². The Morgan fingerprint density at radius 2 is 1.97 bits per heavy atom. The molecule has 3 aromatic rings. The molecule has 0 radical (unpaired) electrons. The number of thiophene rings is 1. The molecule has 0 spiro atoms. The van der Waals surface area contributed by atoms with Gasteiger partial charge in [0, 0.05) is 23.9 Å². The summed E-state index contributed by atoms with van der Waals surface area (Å²) in [5, 5.41) is 0.804. The molecule has 160 valence electrons. The summed E-state index contributed by atoms with van der Waals surface area (Å²) in [4.78, 5) is 35.5. The predicted molar refractivity (Wildman–Crippen MR) is 123 cm³/mol. The van der Waals surface area contributed by atoms with E-state index >= 15 is 0 Å². The Morgan fingerprint density at radius 1 is 1.13 bits per heavy atom. The highest BCUT2D eigenvalue weighted by Gasteiger charge is 2.40. The number of aryl methyl sites for hydroxylation is 4. The third-order valence-electron chi connectivity index (χ3n) is 7.17. The summed E-state index contributed by atoms with van der Waals surface area (Å²) in [7, 11) is 0. The summed E-state index contributed by atoms with van der Waals surface area (Å²) in [6.07, 6.45) is 10.6. The topological polar surface area (TPSA) is 55.2 Å². The van der Waals surface area contributed by atoms with Crippen LogP contribution in [0.5, 0.6) is 0 Å². The van der Waals surface area contributed by atoms with E-state index in [0.717, 1.165) is 55.2 Å². The number of carbonyl (C=O) groups is 1. The maximum atomic E-state index is 13.3. The van der Waals surface area contributed by atoms with Gasteiger partial charge in [-0.1, -0.05) is 24.3 Å². The Labute approximate surface area is 185 Å². The summed E-state index contributed by atoms with van der Waals surface area (Å²) >= 11 is 1.67. The van der Waals surface area contributed by atoms with Crippen LogP contribution in [0, 0.1) is 0 Å². The van der Waals surface area contributed by atoms with Gasteiger partial charge in [-0.15, -0.1) is 11.3 Å². The fourth-order valence-corrected chi connectivity index (χ4v) is 6.71. The average molecular weight is 434 g/mol. The van der Waals surface area contributed by atoms with Crippen LogP contribution in [0.25, 0.3) is 10.2 Å². The van der Waals surface area contributed by atoms with Gasteiger partial charge >= 0.3 is 0 Å². The molecular weight excluding hydrogens is 406 g/mol. The number of amides is 1. The molecule has 3 aliphatic rings. The van der Waals surface area contributed by atoms with E-state index in [4.69, 9.17) is 0 Å². The van der Waals surface area contributed by atoms with Gasteiger partial charge in [-0.25, -0.2) is 4.98 Å². The van der Waals surface area contributed by atoms with Crippen molar-refractivity contribution in [3.05, 3.63) is 62.5 Å². The number of rotatable bonds is 5. The number of nitrogens with zero attached hydrogens (tertiary/aromatic N) is 3. The first-order valence-electron chi connectivity index (χ1n) is 11.6. The van der Waals surface area contributed by atoms with Gasteiger partial charge in [-0.3, -0.25) is 14.2 Å². The van der Waals surface area contributed by atoms with Crippen molar-refractivity contribution in [2.75, 3.05) is 0 Å². The second kappa shape index (κ2) is 7.59. The third-order valence-corrected chi connectivity index (χ3v) is 8.37. The fraction of sp³-hybridized carbons (Fsp3) is 0.480. The third kappa shape index (κ3) is 3.32. The molecule has 1 fully saturated rings. The lowest BCUT2D eigenvalue weighted by atomic mass is 9.97. The summed E-state index contributed by atoms with van der Waals surface area (Å²) in [6, 6.07) is 9.09. The molecule has 0 saturated heterocycles. The molecule has 1 amide bonds. The molecule has 1 unspecified atom stereocenters. The minimum Gasteiger partial charge on any atom is -0.333 e. The Hall–Kier alpha value is -2.47. The van der Waals surface area contributed by atoms with Crippen molar-refractivity contribution in [2.24, 2.45) is 0 Å². The molecule has 1 saturated carbocycles. The summed E-state index contributed by atoms with van der Waals surface area (Å²) in [5.41, 5.74) is 3.93. The minimum atomic E-state index is 0.0291. The highest BCUT2D eigenvalue weighted by Crippen LogP contribution is 2.42. The van der Waals surface area contributed by atoms with Crippen molar-refractivity contribution in [3.63, 3.8) is 0 Å². The lowest BCUT2D eigenvalue weighted by Crippen LogP contribution is -2.37. The van der Waals surface area contributed by atoms with Gasteiger partial charge in [0.2, 0.25) is 5.91 Å². The van der Waals surface area contributed by atoms with Gasteiger partial charge in [0.05, 0.1) is 17.8 Å². The maximum Gasteiger partial charge on any atom is 0.262 e. The SMILES string of the molecule is O=C(CCn1cnc2sc3c(c2c1=O)CCCC3)N(C1CC1)C1CCc2ccccc21. The summed E-state index contributed by atoms with van der Waals surface area (Å²) < 4.78 is 1.66. The smallest absolute Gasteiger partial charge is 0.262 e. The van der Waals surface area contributed by atoms with E-state index in [2.05, 4.69) is 34.1 Å². The van der Waals surface area contributed by atoms with Gasteiger partial charge in [0.25, 0.3) is 5.56 Å². The summed E-state index contributed by atoms with van der Waals surface area (Å²) in [6.45, 7) is 0.406. The van der Waals surface area contributed by atoms with Crippen LogP contribution in [-0.4, -0.2) is 26.4 Å². The lowest BCUT2D eigenvalue weighted by molar-refractivity contribution is -0.134. The first-order chi connectivity index (χ1) is 15.2. The van der Waals surface area contributed by atoms with Gasteiger partial charge in [-0.2, -0.15) is 0 Å². The number of hydrogen-bond acceptors (Lipinski definition) is 4. The van der Waals surface area contributed by atoms with Crippen LogP contribution in [0.4, 0.5) is 0 Å². The normalized spacial score (nSPS) is 19.9. The monoisotopic (exact) mass is 433 g/mol. The number of fused-ring (bicyclic) bond motifs is 4. The van der Waals surface area contributed by atoms with Crippen molar-refractivity contribution < 1.29 is 4.79 Å². The number of aromatic nitrogens is 2. The van der Waals surface area contributed by atoms with Gasteiger partial charge in [-0.05, 0) is 68.1 Å².